The van der Waals surface area contributed by atoms with Gasteiger partial charge >= 0.3 is 0 Å². The first kappa shape index (κ1) is 8.74. The van der Waals surface area contributed by atoms with Gasteiger partial charge in [-0.05, 0) is 30.2 Å². The van der Waals surface area contributed by atoms with Crippen molar-refractivity contribution in [2.45, 2.75) is 13.5 Å². The summed E-state index contributed by atoms with van der Waals surface area (Å²) in [6, 6.07) is 5.29. The van der Waals surface area contributed by atoms with Crippen molar-refractivity contribution in [3.8, 4) is 0 Å². The number of aryl methyl sites for hydroxylation is 1. The Morgan fingerprint density at radius 1 is 1.50 bits per heavy atom. The molecular formula is C9H12N2O. The molecule has 0 saturated carbocycles. The molecule has 0 atom stereocenters. The van der Waals surface area contributed by atoms with E-state index in [4.69, 9.17) is 11.5 Å². The number of nitrogens with two attached hydrogens (primary N) is 2. The van der Waals surface area contributed by atoms with Gasteiger partial charge in [-0.25, -0.2) is 0 Å². The second kappa shape index (κ2) is 3.36. The molecule has 1 rings (SSSR count). The Hall–Kier alpha value is -1.35. The second-order valence-electron chi connectivity index (χ2n) is 2.71. The number of primary amides is 1. The minimum Gasteiger partial charge on any atom is -0.366 e. The predicted molar refractivity (Wildman–Crippen MR) is 47.6 cm³/mol. The Morgan fingerprint density at radius 3 is 2.67 bits per heavy atom. The molecule has 12 heavy (non-hydrogen) atoms. The van der Waals surface area contributed by atoms with E-state index >= 15 is 0 Å². The first-order valence-corrected chi connectivity index (χ1v) is 3.74. The molecular weight excluding hydrogens is 152 g/mol. The maximum Gasteiger partial charge on any atom is 0.248 e. The minimum absolute atomic E-state index is 0.412. The zero-order chi connectivity index (χ0) is 9.14. The molecule has 0 bridgehead atoms. The normalized spacial score (nSPS) is 9.83. The SMILES string of the molecule is Cc1ccc(C(N)=O)cc1CN. The topological polar surface area (TPSA) is 69.1 Å². The van der Waals surface area contributed by atoms with Gasteiger partial charge in [0.25, 0.3) is 0 Å². The van der Waals surface area contributed by atoms with Crippen molar-refractivity contribution < 1.29 is 4.79 Å². The summed E-state index contributed by atoms with van der Waals surface area (Å²) in [6.07, 6.45) is 0. The third-order valence-corrected chi connectivity index (χ3v) is 1.85. The highest BCUT2D eigenvalue weighted by atomic mass is 16.1. The van der Waals surface area contributed by atoms with E-state index in [1.807, 2.05) is 13.0 Å². The average molecular weight is 164 g/mol. The monoisotopic (exact) mass is 164 g/mol. The van der Waals surface area contributed by atoms with Gasteiger partial charge in [0.1, 0.15) is 0 Å². The van der Waals surface area contributed by atoms with Crippen LogP contribution >= 0.6 is 0 Å². The quantitative estimate of drug-likeness (QED) is 0.670. The summed E-state index contributed by atoms with van der Waals surface area (Å²) in [4.78, 5) is 10.8. The third kappa shape index (κ3) is 1.62. The molecule has 1 aromatic rings. The van der Waals surface area contributed by atoms with Gasteiger partial charge in [-0.3, -0.25) is 4.79 Å². The highest BCUT2D eigenvalue weighted by Gasteiger charge is 2.02. The van der Waals surface area contributed by atoms with Crippen LogP contribution in [0.2, 0.25) is 0 Å². The fourth-order valence-electron chi connectivity index (χ4n) is 1.04. The maximum absolute atomic E-state index is 10.8. The molecule has 3 nitrogen and oxygen atoms in total. The summed E-state index contributed by atoms with van der Waals surface area (Å²) in [6.45, 7) is 2.39. The van der Waals surface area contributed by atoms with Crippen LogP contribution in [0, 0.1) is 6.92 Å². The molecule has 0 fully saturated rings. The van der Waals surface area contributed by atoms with E-state index in [9.17, 15) is 4.79 Å². The summed E-state index contributed by atoms with van der Waals surface area (Å²) in [5.74, 6) is -0.412. The van der Waals surface area contributed by atoms with Crippen molar-refractivity contribution in [1.29, 1.82) is 0 Å². The van der Waals surface area contributed by atoms with E-state index in [0.29, 0.717) is 12.1 Å². The van der Waals surface area contributed by atoms with Crippen molar-refractivity contribution in [2.24, 2.45) is 11.5 Å². The molecule has 0 heterocycles. The summed E-state index contributed by atoms with van der Waals surface area (Å²) < 4.78 is 0. The summed E-state index contributed by atoms with van der Waals surface area (Å²) in [5.41, 5.74) is 13.1. The number of rotatable bonds is 2. The van der Waals surface area contributed by atoms with Crippen LogP contribution in [-0.4, -0.2) is 5.91 Å². The van der Waals surface area contributed by atoms with E-state index in [0.717, 1.165) is 11.1 Å². The molecule has 1 aromatic carbocycles. The zero-order valence-electron chi connectivity index (χ0n) is 7.00. The summed E-state index contributed by atoms with van der Waals surface area (Å²) in [7, 11) is 0. The van der Waals surface area contributed by atoms with Crippen LogP contribution in [0.15, 0.2) is 18.2 Å². The average Bonchev–Trinajstić information content (AvgIpc) is 2.05. The van der Waals surface area contributed by atoms with Crippen LogP contribution in [0.3, 0.4) is 0 Å². The van der Waals surface area contributed by atoms with E-state index in [2.05, 4.69) is 0 Å². The highest BCUT2D eigenvalue weighted by Crippen LogP contribution is 2.09. The van der Waals surface area contributed by atoms with Gasteiger partial charge in [-0.15, -0.1) is 0 Å². The van der Waals surface area contributed by atoms with Crippen molar-refractivity contribution in [1.82, 2.24) is 0 Å². The molecule has 1 amide bonds. The Balaban J connectivity index is 3.13. The molecule has 0 aromatic heterocycles. The molecule has 0 unspecified atom stereocenters. The molecule has 0 spiro atoms. The standard InChI is InChI=1S/C9H12N2O/c1-6-2-3-7(9(11)12)4-8(6)5-10/h2-4H,5,10H2,1H3,(H2,11,12). The number of hydrogen-bond acceptors (Lipinski definition) is 2. The maximum atomic E-state index is 10.8. The fourth-order valence-corrected chi connectivity index (χ4v) is 1.04. The smallest absolute Gasteiger partial charge is 0.248 e. The molecule has 3 heteroatoms. The summed E-state index contributed by atoms with van der Waals surface area (Å²) >= 11 is 0. The molecule has 4 N–H and O–H groups in total. The van der Waals surface area contributed by atoms with Crippen LogP contribution in [0.1, 0.15) is 21.5 Å². The molecule has 0 aliphatic carbocycles. The third-order valence-electron chi connectivity index (χ3n) is 1.85. The van der Waals surface area contributed by atoms with Gasteiger partial charge in [-0.2, -0.15) is 0 Å². The molecule has 0 saturated heterocycles. The van der Waals surface area contributed by atoms with Crippen molar-refractivity contribution in [3.63, 3.8) is 0 Å². The Labute approximate surface area is 71.4 Å². The van der Waals surface area contributed by atoms with Crippen molar-refractivity contribution in [2.75, 3.05) is 0 Å². The molecule has 0 aliphatic heterocycles. The van der Waals surface area contributed by atoms with Crippen molar-refractivity contribution in [3.05, 3.63) is 34.9 Å². The van der Waals surface area contributed by atoms with Gasteiger partial charge in [0.2, 0.25) is 5.91 Å². The lowest BCUT2D eigenvalue weighted by Gasteiger charge is -2.03. The lowest BCUT2D eigenvalue weighted by atomic mass is 10.1. The molecule has 0 aliphatic rings. The van der Waals surface area contributed by atoms with Gasteiger partial charge in [-0.1, -0.05) is 6.07 Å². The Morgan fingerprint density at radius 2 is 2.17 bits per heavy atom. The van der Waals surface area contributed by atoms with Crippen LogP contribution in [0.5, 0.6) is 0 Å². The number of carbonyl (C=O) groups is 1. The number of carbonyl (C=O) groups excluding carboxylic acids is 1. The lowest BCUT2D eigenvalue weighted by Crippen LogP contribution is -2.12. The predicted octanol–water partition coefficient (Wildman–Crippen LogP) is 0.553. The minimum atomic E-state index is -0.412. The van der Waals surface area contributed by atoms with Crippen molar-refractivity contribution >= 4 is 5.91 Å². The van der Waals surface area contributed by atoms with Gasteiger partial charge in [0.05, 0.1) is 0 Å². The van der Waals surface area contributed by atoms with E-state index in [1.54, 1.807) is 12.1 Å². The lowest BCUT2D eigenvalue weighted by molar-refractivity contribution is 0.1000. The Bertz CT molecular complexity index is 307. The van der Waals surface area contributed by atoms with Gasteiger partial charge in [0, 0.05) is 12.1 Å². The van der Waals surface area contributed by atoms with Crippen LogP contribution in [0.4, 0.5) is 0 Å². The summed E-state index contributed by atoms with van der Waals surface area (Å²) in [5, 5.41) is 0. The van der Waals surface area contributed by atoms with Crippen LogP contribution < -0.4 is 11.5 Å². The van der Waals surface area contributed by atoms with Crippen LogP contribution in [0.25, 0.3) is 0 Å². The van der Waals surface area contributed by atoms with Crippen LogP contribution in [-0.2, 0) is 6.54 Å². The number of amides is 1. The largest absolute Gasteiger partial charge is 0.366 e. The zero-order valence-corrected chi connectivity index (χ0v) is 7.00. The molecule has 0 radical (unpaired) electrons. The van der Waals surface area contributed by atoms with E-state index in [1.165, 1.54) is 0 Å². The fraction of sp³-hybridized carbons (Fsp3) is 0.222. The highest BCUT2D eigenvalue weighted by molar-refractivity contribution is 5.93. The van der Waals surface area contributed by atoms with Gasteiger partial charge in [0.15, 0.2) is 0 Å². The van der Waals surface area contributed by atoms with E-state index in [-0.39, 0.29) is 0 Å². The van der Waals surface area contributed by atoms with Gasteiger partial charge < -0.3 is 11.5 Å². The number of benzene rings is 1. The molecule has 64 valence electrons. The number of hydrogen-bond donors (Lipinski definition) is 2. The second-order valence-corrected chi connectivity index (χ2v) is 2.71. The van der Waals surface area contributed by atoms with E-state index < -0.39 is 5.91 Å². The first-order valence-electron chi connectivity index (χ1n) is 3.74. The first-order chi connectivity index (χ1) is 5.65. The Kier molecular flexibility index (Phi) is 2.45.